The minimum Gasteiger partial charge on any atom is -0.291 e. The first kappa shape index (κ1) is 28.4. The van der Waals surface area contributed by atoms with Crippen LogP contribution in [0, 0.1) is 0 Å². The van der Waals surface area contributed by atoms with Crippen molar-refractivity contribution in [2.24, 2.45) is 0 Å². The monoisotopic (exact) mass is 563 g/mol. The van der Waals surface area contributed by atoms with Gasteiger partial charge < -0.3 is 0 Å². The lowest BCUT2D eigenvalue weighted by Gasteiger charge is -2.43. The highest BCUT2D eigenvalue weighted by Crippen LogP contribution is 2.63. The van der Waals surface area contributed by atoms with E-state index in [1.807, 2.05) is 0 Å². The van der Waals surface area contributed by atoms with Gasteiger partial charge in [-0.2, -0.15) is 0 Å². The number of hydrogen-bond donors (Lipinski definition) is 0. The summed E-state index contributed by atoms with van der Waals surface area (Å²) in [4.78, 5) is 3.34. The molecule has 1 nitrogen and oxygen atoms in total. The Labute approximate surface area is 235 Å². The highest BCUT2D eigenvalue weighted by atomic mass is 31.1. The smallest absolute Gasteiger partial charge is 0.0196 e. The van der Waals surface area contributed by atoms with Crippen molar-refractivity contribution < 1.29 is 0 Å². The normalized spacial score (nSPS) is 28.2. The lowest BCUT2D eigenvalue weighted by Crippen LogP contribution is -2.33. The van der Waals surface area contributed by atoms with Gasteiger partial charge in [-0.15, -0.1) is 0 Å². The van der Waals surface area contributed by atoms with Crippen LogP contribution in [0.15, 0.2) is 0 Å². The SMILES string of the molecule is C1CCC(P(CN(CP(C2CCCC2)C2CCCC2)CP(C2CCCC2)C2CCCC2)C2CCCC2)C1. The second-order valence-electron chi connectivity index (χ2n) is 14.3. The predicted molar refractivity (Wildman–Crippen MR) is 171 cm³/mol. The Balaban J connectivity index is 1.24. The number of rotatable bonds is 12. The van der Waals surface area contributed by atoms with E-state index in [-0.39, 0.29) is 23.8 Å². The summed E-state index contributed by atoms with van der Waals surface area (Å²) in [5.41, 5.74) is 6.88. The average molecular weight is 564 g/mol. The molecular formula is C33H60NP3. The van der Waals surface area contributed by atoms with Crippen LogP contribution in [-0.4, -0.2) is 57.7 Å². The van der Waals surface area contributed by atoms with Crippen LogP contribution in [0.5, 0.6) is 0 Å². The Morgan fingerprint density at radius 1 is 0.297 bits per heavy atom. The topological polar surface area (TPSA) is 3.24 Å². The van der Waals surface area contributed by atoms with Gasteiger partial charge in [0.25, 0.3) is 0 Å². The third kappa shape index (κ3) is 7.37. The molecule has 0 aromatic rings. The summed E-state index contributed by atoms with van der Waals surface area (Å²) in [6, 6.07) is 0. The third-order valence-electron chi connectivity index (χ3n) is 11.9. The minimum atomic E-state index is 0.234. The van der Waals surface area contributed by atoms with Gasteiger partial charge in [0.15, 0.2) is 0 Å². The van der Waals surface area contributed by atoms with Crippen molar-refractivity contribution in [1.82, 2.24) is 4.90 Å². The summed E-state index contributed by atoms with van der Waals surface area (Å²) in [6.45, 7) is 0. The largest absolute Gasteiger partial charge is 0.291 e. The second-order valence-corrected chi connectivity index (χ2v) is 22.6. The highest BCUT2D eigenvalue weighted by Gasteiger charge is 2.40. The summed E-state index contributed by atoms with van der Waals surface area (Å²) in [6.07, 6.45) is 42.8. The summed E-state index contributed by atoms with van der Waals surface area (Å²) >= 11 is 0. The molecule has 0 saturated heterocycles. The van der Waals surface area contributed by atoms with E-state index < -0.39 is 0 Å². The van der Waals surface area contributed by atoms with Gasteiger partial charge in [-0.05, 0) is 111 Å². The second kappa shape index (κ2) is 14.4. The van der Waals surface area contributed by atoms with E-state index in [4.69, 9.17) is 0 Å². The van der Waals surface area contributed by atoms with Gasteiger partial charge in [0.2, 0.25) is 0 Å². The van der Waals surface area contributed by atoms with Gasteiger partial charge in [-0.25, -0.2) is 0 Å². The van der Waals surface area contributed by atoms with Crippen molar-refractivity contribution in [2.45, 2.75) is 188 Å². The molecule has 6 aliphatic rings. The zero-order chi connectivity index (χ0) is 24.9. The van der Waals surface area contributed by atoms with E-state index in [1.165, 1.54) is 0 Å². The summed E-state index contributed by atoms with van der Waals surface area (Å²) in [7, 11) is 0.703. The van der Waals surface area contributed by atoms with Crippen molar-refractivity contribution in [3.05, 3.63) is 0 Å². The Morgan fingerprint density at radius 2 is 0.459 bits per heavy atom. The molecular weight excluding hydrogens is 503 g/mol. The van der Waals surface area contributed by atoms with Crippen molar-refractivity contribution in [1.29, 1.82) is 0 Å². The molecule has 0 atom stereocenters. The first-order valence-corrected chi connectivity index (χ1v) is 22.3. The van der Waals surface area contributed by atoms with Crippen LogP contribution < -0.4 is 0 Å². The summed E-state index contributed by atoms with van der Waals surface area (Å²) < 4.78 is 0. The Bertz CT molecular complexity index is 512. The fraction of sp³-hybridized carbons (Fsp3) is 1.00. The molecule has 0 unspecified atom stereocenters. The van der Waals surface area contributed by atoms with Crippen molar-refractivity contribution >= 4 is 23.8 Å². The van der Waals surface area contributed by atoms with Gasteiger partial charge >= 0.3 is 0 Å². The Hall–Kier alpha value is 1.25. The van der Waals surface area contributed by atoms with Crippen LogP contribution >= 0.6 is 23.8 Å². The number of hydrogen-bond acceptors (Lipinski definition) is 1. The van der Waals surface area contributed by atoms with Crippen molar-refractivity contribution in [2.75, 3.05) is 18.9 Å². The van der Waals surface area contributed by atoms with Gasteiger partial charge in [0.05, 0.1) is 0 Å². The van der Waals surface area contributed by atoms with Crippen LogP contribution in [0.1, 0.15) is 154 Å². The number of nitrogens with zero attached hydrogens (tertiary/aromatic N) is 1. The van der Waals surface area contributed by atoms with Gasteiger partial charge in [0, 0.05) is 18.9 Å². The zero-order valence-electron chi connectivity index (χ0n) is 24.3. The van der Waals surface area contributed by atoms with Crippen LogP contribution in [0.25, 0.3) is 0 Å². The van der Waals surface area contributed by atoms with Crippen molar-refractivity contribution in [3.8, 4) is 0 Å². The lowest BCUT2D eigenvalue weighted by molar-refractivity contribution is 0.425. The Kier molecular flexibility index (Phi) is 11.1. The third-order valence-corrected chi connectivity index (χ3v) is 22.8. The maximum Gasteiger partial charge on any atom is 0.0196 e. The molecule has 6 aliphatic carbocycles. The van der Waals surface area contributed by atoms with E-state index in [0.717, 1.165) is 34.0 Å². The molecule has 0 N–H and O–H groups in total. The molecule has 6 rings (SSSR count). The highest BCUT2D eigenvalue weighted by molar-refractivity contribution is 7.61. The summed E-state index contributed by atoms with van der Waals surface area (Å²) in [5, 5.41) is 0. The lowest BCUT2D eigenvalue weighted by atomic mass is 10.4. The summed E-state index contributed by atoms with van der Waals surface area (Å²) in [5.74, 6) is 0. The van der Waals surface area contributed by atoms with Crippen LogP contribution in [0.2, 0.25) is 0 Å². The predicted octanol–water partition coefficient (Wildman–Crippen LogP) is 11.3. The molecule has 0 aromatic heterocycles. The average Bonchev–Trinajstić information content (AvgIpc) is 3.77. The van der Waals surface area contributed by atoms with E-state index in [2.05, 4.69) is 4.90 Å². The zero-order valence-corrected chi connectivity index (χ0v) is 27.0. The van der Waals surface area contributed by atoms with Crippen LogP contribution in [0.4, 0.5) is 0 Å². The molecule has 0 spiro atoms. The molecule has 6 saturated carbocycles. The van der Waals surface area contributed by atoms with Crippen LogP contribution in [0.3, 0.4) is 0 Å². The molecule has 0 radical (unpaired) electrons. The molecule has 0 amide bonds. The van der Waals surface area contributed by atoms with E-state index in [9.17, 15) is 0 Å². The quantitative estimate of drug-likeness (QED) is 0.213. The molecule has 4 heteroatoms. The maximum atomic E-state index is 3.34. The molecule has 212 valence electrons. The molecule has 0 heterocycles. The molecule has 37 heavy (non-hydrogen) atoms. The van der Waals surface area contributed by atoms with Gasteiger partial charge in [-0.3, -0.25) is 4.90 Å². The molecule has 0 aromatic carbocycles. The first-order chi connectivity index (χ1) is 18.3. The fourth-order valence-corrected chi connectivity index (χ4v) is 21.6. The van der Waals surface area contributed by atoms with Gasteiger partial charge in [-0.1, -0.05) is 101 Å². The Morgan fingerprint density at radius 3 is 0.622 bits per heavy atom. The fourth-order valence-electron chi connectivity index (χ4n) is 9.83. The molecule has 0 bridgehead atoms. The van der Waals surface area contributed by atoms with Crippen molar-refractivity contribution in [3.63, 3.8) is 0 Å². The van der Waals surface area contributed by atoms with Crippen LogP contribution in [-0.2, 0) is 0 Å². The molecule has 6 fully saturated rings. The van der Waals surface area contributed by atoms with E-state index >= 15 is 0 Å². The maximum absolute atomic E-state index is 3.34. The van der Waals surface area contributed by atoms with Gasteiger partial charge in [0.1, 0.15) is 0 Å². The first-order valence-electron chi connectivity index (χ1n) is 17.3. The molecule has 0 aliphatic heterocycles. The van der Waals surface area contributed by atoms with E-state index in [0.29, 0.717) is 0 Å². The standard InChI is InChI=1S/C33H60NP3/c1-2-14-28(13-1)35(29-15-3-4-16-29)25-34(26-36(30-17-5-6-18-30)31-19-7-8-20-31)27-37(32-21-9-10-22-32)33-23-11-12-24-33/h28-33H,1-27H2. The minimum absolute atomic E-state index is 0.234. The van der Waals surface area contributed by atoms with E-state index in [1.54, 1.807) is 173 Å².